The zero-order valence-corrected chi connectivity index (χ0v) is 25.5. The van der Waals surface area contributed by atoms with Crippen LogP contribution in [-0.4, -0.2) is 43.2 Å². The number of anilines is 1. The Balaban J connectivity index is 1.20. The molecule has 1 fully saturated rings. The predicted octanol–water partition coefficient (Wildman–Crippen LogP) is 6.06. The Morgan fingerprint density at radius 1 is 0.889 bits per heavy atom. The van der Waals surface area contributed by atoms with E-state index in [1.165, 1.54) is 11.8 Å². The lowest BCUT2D eigenvalue weighted by atomic mass is 9.91. The van der Waals surface area contributed by atoms with Crippen LogP contribution in [-0.2, 0) is 22.6 Å². The summed E-state index contributed by atoms with van der Waals surface area (Å²) in [5.41, 5.74) is 5.12. The summed E-state index contributed by atoms with van der Waals surface area (Å²) in [6, 6.07) is 34.5. The molecule has 4 atom stereocenters. The molecule has 1 saturated heterocycles. The zero-order valence-electron chi connectivity index (χ0n) is 24.7. The molecule has 45 heavy (non-hydrogen) atoms. The Morgan fingerprint density at radius 3 is 2.40 bits per heavy atom. The van der Waals surface area contributed by atoms with Gasteiger partial charge >= 0.3 is 6.03 Å². The highest BCUT2D eigenvalue weighted by Gasteiger charge is 2.38. The summed E-state index contributed by atoms with van der Waals surface area (Å²) in [6.07, 6.45) is -1.19. The van der Waals surface area contributed by atoms with E-state index in [1.807, 2.05) is 109 Å². The third-order valence-corrected chi connectivity index (χ3v) is 8.66. The number of urea groups is 1. The minimum atomic E-state index is -0.687. The number of aliphatic hydroxyl groups excluding tert-OH is 1. The third kappa shape index (κ3) is 7.58. The first-order chi connectivity index (χ1) is 22.1. The maximum Gasteiger partial charge on any atom is 0.319 e. The fraction of sp³-hybridized carbons (Fsp3) is 0.235. The number of carbonyl (C=O) groups excluding carboxylic acids is 1. The molecule has 2 amide bonds. The predicted molar refractivity (Wildman–Crippen MR) is 172 cm³/mol. The van der Waals surface area contributed by atoms with Crippen LogP contribution in [0.3, 0.4) is 0 Å². The first-order valence-electron chi connectivity index (χ1n) is 14.7. The van der Waals surface area contributed by atoms with Gasteiger partial charge in [-0.2, -0.15) is 4.68 Å². The van der Waals surface area contributed by atoms with E-state index in [9.17, 15) is 9.90 Å². The Morgan fingerprint density at radius 2 is 1.64 bits per heavy atom. The number of para-hydroxylation sites is 1. The summed E-state index contributed by atoms with van der Waals surface area (Å²) in [5, 5.41) is 28.4. The van der Waals surface area contributed by atoms with Gasteiger partial charge in [-0.1, -0.05) is 104 Å². The summed E-state index contributed by atoms with van der Waals surface area (Å²) in [6.45, 7) is 2.51. The number of benzene rings is 4. The second-order valence-corrected chi connectivity index (χ2v) is 11.7. The molecule has 1 aromatic heterocycles. The molecule has 0 saturated carbocycles. The van der Waals surface area contributed by atoms with Crippen molar-refractivity contribution in [3.63, 3.8) is 0 Å². The van der Waals surface area contributed by atoms with Gasteiger partial charge in [0.25, 0.3) is 0 Å². The monoisotopic (exact) mass is 622 g/mol. The smallest absolute Gasteiger partial charge is 0.319 e. The van der Waals surface area contributed by atoms with Gasteiger partial charge in [0.1, 0.15) is 0 Å². The van der Waals surface area contributed by atoms with Gasteiger partial charge in [-0.05, 0) is 51.4 Å². The number of amides is 2. The van der Waals surface area contributed by atoms with E-state index >= 15 is 0 Å². The number of ether oxygens (including phenoxy) is 2. The lowest BCUT2D eigenvalue weighted by molar-refractivity contribution is -0.268. The summed E-state index contributed by atoms with van der Waals surface area (Å²) in [4.78, 5) is 12.7. The molecule has 11 heteroatoms. The fourth-order valence-corrected chi connectivity index (χ4v) is 6.24. The second-order valence-electron chi connectivity index (χ2n) is 10.8. The number of nitrogens with one attached hydrogen (secondary N) is 2. The molecule has 4 unspecified atom stereocenters. The zero-order chi connectivity index (χ0) is 31.0. The van der Waals surface area contributed by atoms with Crippen molar-refractivity contribution in [3.8, 4) is 5.69 Å². The van der Waals surface area contributed by atoms with Gasteiger partial charge in [0.15, 0.2) is 6.29 Å². The van der Waals surface area contributed by atoms with Gasteiger partial charge in [0.05, 0.1) is 24.5 Å². The van der Waals surface area contributed by atoms with Crippen LogP contribution in [0.25, 0.3) is 5.69 Å². The average Bonchev–Trinajstić information content (AvgIpc) is 3.57. The minimum Gasteiger partial charge on any atom is -0.392 e. The van der Waals surface area contributed by atoms with Gasteiger partial charge in [0.2, 0.25) is 5.16 Å². The number of aliphatic hydroxyl groups is 1. The maximum absolute atomic E-state index is 12.7. The molecule has 5 aromatic rings. The van der Waals surface area contributed by atoms with Crippen LogP contribution in [0.5, 0.6) is 0 Å². The quantitative estimate of drug-likeness (QED) is 0.161. The van der Waals surface area contributed by atoms with Gasteiger partial charge in [-0.3, -0.25) is 0 Å². The molecule has 0 spiro atoms. The van der Waals surface area contributed by atoms with E-state index in [0.29, 0.717) is 23.1 Å². The van der Waals surface area contributed by atoms with Crippen LogP contribution in [0.4, 0.5) is 10.5 Å². The highest BCUT2D eigenvalue weighted by Crippen LogP contribution is 2.43. The normalized spacial score (nSPS) is 19.6. The van der Waals surface area contributed by atoms with Gasteiger partial charge < -0.3 is 25.2 Å². The number of tetrazole rings is 1. The van der Waals surface area contributed by atoms with Gasteiger partial charge in [-0.25, -0.2) is 4.79 Å². The van der Waals surface area contributed by atoms with Crippen LogP contribution in [0.2, 0.25) is 0 Å². The Hall–Kier alpha value is -4.55. The summed E-state index contributed by atoms with van der Waals surface area (Å²) in [5.74, 6) is 0.569. The van der Waals surface area contributed by atoms with Crippen molar-refractivity contribution in [1.82, 2.24) is 25.5 Å². The van der Waals surface area contributed by atoms with Crippen molar-refractivity contribution in [2.45, 2.75) is 43.7 Å². The number of thioether (sulfide) groups is 1. The lowest BCUT2D eigenvalue weighted by Crippen LogP contribution is -2.38. The molecule has 3 N–H and O–H groups in total. The topological polar surface area (TPSA) is 123 Å². The Kier molecular flexibility index (Phi) is 9.81. The van der Waals surface area contributed by atoms with Gasteiger partial charge in [0, 0.05) is 29.5 Å². The van der Waals surface area contributed by atoms with Crippen LogP contribution in [0.15, 0.2) is 114 Å². The standard InChI is InChI=1S/C34H34N6O4S/c1-23-30(22-45-34-37-38-39-40(34)29-13-6-3-7-14-29)43-32(44-31(23)26-17-15-25(21-41)16-18-26)27-11-8-12-28(19-27)36-33(42)35-20-24-9-4-2-5-10-24/h2-19,23,30-32,41H,20-22H2,1H3,(H2,35,36,42). The molecule has 2 heterocycles. The van der Waals surface area contributed by atoms with Crippen molar-refractivity contribution in [1.29, 1.82) is 0 Å². The number of hydrogen-bond donors (Lipinski definition) is 3. The highest BCUT2D eigenvalue weighted by molar-refractivity contribution is 7.99. The summed E-state index contributed by atoms with van der Waals surface area (Å²) in [7, 11) is 0. The van der Waals surface area contributed by atoms with Crippen molar-refractivity contribution >= 4 is 23.5 Å². The molecule has 10 nitrogen and oxygen atoms in total. The van der Waals surface area contributed by atoms with Gasteiger partial charge in [-0.15, -0.1) is 5.10 Å². The van der Waals surface area contributed by atoms with Crippen molar-refractivity contribution in [3.05, 3.63) is 131 Å². The second kappa shape index (κ2) is 14.5. The van der Waals surface area contributed by atoms with E-state index in [0.717, 1.165) is 27.9 Å². The Labute approximate surface area is 265 Å². The SMILES string of the molecule is CC1C(CSc2nnnn2-c2ccccc2)OC(c2cccc(NC(=O)NCc3ccccc3)c2)OC1c1ccc(CO)cc1. The number of hydrogen-bond acceptors (Lipinski definition) is 8. The van der Waals surface area contributed by atoms with Crippen LogP contribution in [0.1, 0.15) is 41.6 Å². The number of carbonyl (C=O) groups is 1. The number of aromatic nitrogens is 4. The lowest BCUT2D eigenvalue weighted by Gasteiger charge is -2.41. The molecular weight excluding hydrogens is 588 g/mol. The van der Waals surface area contributed by atoms with E-state index in [1.54, 1.807) is 4.68 Å². The first-order valence-corrected chi connectivity index (χ1v) is 15.7. The first kappa shape index (κ1) is 30.5. The van der Waals surface area contributed by atoms with Crippen molar-refractivity contribution < 1.29 is 19.4 Å². The average molecular weight is 623 g/mol. The van der Waals surface area contributed by atoms with Crippen molar-refractivity contribution in [2.24, 2.45) is 5.92 Å². The van der Waals surface area contributed by atoms with E-state index in [-0.39, 0.29) is 30.8 Å². The molecule has 1 aliphatic heterocycles. The largest absolute Gasteiger partial charge is 0.392 e. The molecule has 0 radical (unpaired) electrons. The van der Waals surface area contributed by atoms with Crippen molar-refractivity contribution in [2.75, 3.05) is 11.1 Å². The molecule has 0 aliphatic carbocycles. The van der Waals surface area contributed by atoms with E-state index < -0.39 is 6.29 Å². The molecule has 1 aliphatic rings. The highest BCUT2D eigenvalue weighted by atomic mass is 32.2. The summed E-state index contributed by atoms with van der Waals surface area (Å²) >= 11 is 1.52. The molecular formula is C34H34N6O4S. The maximum atomic E-state index is 12.7. The van der Waals surface area contributed by atoms with Crippen LogP contribution >= 0.6 is 11.8 Å². The molecule has 4 aromatic carbocycles. The van der Waals surface area contributed by atoms with E-state index in [4.69, 9.17) is 9.47 Å². The Bertz CT molecular complexity index is 1690. The summed E-state index contributed by atoms with van der Waals surface area (Å²) < 4.78 is 14.9. The third-order valence-electron chi connectivity index (χ3n) is 7.65. The minimum absolute atomic E-state index is 0.0140. The van der Waals surface area contributed by atoms with Crippen LogP contribution in [0, 0.1) is 5.92 Å². The molecule has 230 valence electrons. The van der Waals surface area contributed by atoms with Crippen LogP contribution < -0.4 is 10.6 Å². The molecule has 0 bridgehead atoms. The fourth-order valence-electron chi connectivity index (χ4n) is 5.18. The number of rotatable bonds is 10. The number of nitrogens with zero attached hydrogens (tertiary/aromatic N) is 4. The molecule has 6 rings (SSSR count). The van der Waals surface area contributed by atoms with E-state index in [2.05, 4.69) is 33.1 Å².